The van der Waals surface area contributed by atoms with Crippen molar-refractivity contribution < 1.29 is 95.9 Å². The number of carbonyl (C=O) groups excluding carboxylic acids is 20. The van der Waals surface area contributed by atoms with E-state index < -0.39 is 148 Å². The molecule has 6 saturated heterocycles. The summed E-state index contributed by atoms with van der Waals surface area (Å²) >= 11 is 0. The van der Waals surface area contributed by atoms with E-state index in [-0.39, 0.29) is 199 Å². The molecule has 6 heterocycles. The fourth-order valence-electron chi connectivity index (χ4n) is 25.0. The molecule has 3 unspecified atom stereocenters. The zero-order valence-electron chi connectivity index (χ0n) is 91.2. The normalized spacial score (nSPS) is 25.9. The predicted molar refractivity (Wildman–Crippen MR) is 554 cm³/mol. The van der Waals surface area contributed by atoms with Crippen LogP contribution in [-0.4, -0.2) is 279 Å². The molecule has 13 fully saturated rings. The molecule has 13 aliphatic rings. The molecule has 0 bridgehead atoms. The standard InChI is InChI=1S/C37H58N6O7.C37H60N6O6.C36H56N6O7/c1-8-14-24(31(46)33(48)38-19-9-2)39-32(47)30-28-23(37(28,6)7)20-43(30)34(49)29(22-15-11-10-12-16-22)41-35(50)40-25(36(3,4)5)21-42-26(44)17-13-18-27(42)45;1-8-15-25(31(45)33(47)38-19-9-2)39-32(46)30-28-24(37(28,6)7)21-43(30)34(48)29(23-16-11-10-12-17-23)41-35(49)40-26(36(3,4)5)22-42-20-14-13-18-27(42)44;1-35(2,3)24(19-41-25(43)15-10-16-26(41)44)39-34(49)40-28(21-13-7-6-8-14-21)33(48)42-18-22-27(36(22,4)5)29(42)32(47)38-23(30(45)31(37)46)17-20-11-9-12-20/h9,22-25,28-30H,2,8,10-21H2,1,3-7H3,(H,38,48)(H,39,47)(H2,40,41,50);9,23-26,28-30H,2,8,10-22H2,1,3-7H3,(H,38,47)(H,39,46)(H2,40,41,49);20-24,27-29H,6-19H2,1-5H3,(H2,37,46)(H,38,47)(H2,39,40,49)/t23-,24?,25+,28-,29-,30-;24-,25?,26+,28-,29-,30-;22-,23?,24+,27-,28-,29-/m000/s1. The number of nitrogens with one attached hydrogen (secondary N) is 11. The number of ketones is 3. The summed E-state index contributed by atoms with van der Waals surface area (Å²) in [6.45, 7) is 43.4. The van der Waals surface area contributed by atoms with Crippen LogP contribution in [0.1, 0.15) is 323 Å². The summed E-state index contributed by atoms with van der Waals surface area (Å²) in [7, 11) is 0. The molecule has 18 atom stereocenters. The van der Waals surface area contributed by atoms with Gasteiger partial charge in [0.15, 0.2) is 0 Å². The van der Waals surface area contributed by atoms with Crippen molar-refractivity contribution in [3.63, 3.8) is 0 Å². The van der Waals surface area contributed by atoms with E-state index in [2.05, 4.69) is 113 Å². The van der Waals surface area contributed by atoms with Crippen molar-refractivity contribution in [1.29, 1.82) is 0 Å². The topological polar surface area (TPSA) is 519 Å². The van der Waals surface area contributed by atoms with Crippen LogP contribution in [0.2, 0.25) is 0 Å². The third-order valence-electron chi connectivity index (χ3n) is 35.0. The summed E-state index contributed by atoms with van der Waals surface area (Å²) in [4.78, 5) is 275. The Morgan fingerprint density at radius 1 is 0.372 bits per heavy atom. The molecule has 38 nitrogen and oxygen atoms in total. The lowest BCUT2D eigenvalue weighted by Crippen LogP contribution is -2.62. The summed E-state index contributed by atoms with van der Waals surface area (Å²) in [6, 6.07) is -11.4. The van der Waals surface area contributed by atoms with Gasteiger partial charge in [-0.05, 0) is 175 Å². The highest BCUT2D eigenvalue weighted by Crippen LogP contribution is 2.67. The number of likely N-dealkylation sites (tertiary alicyclic amines) is 6. The van der Waals surface area contributed by atoms with Crippen molar-refractivity contribution in [3.8, 4) is 0 Å². The summed E-state index contributed by atoms with van der Waals surface area (Å²) in [5.74, 6) is -8.51. The van der Waals surface area contributed by atoms with Crippen molar-refractivity contribution in [2.75, 3.05) is 58.9 Å². The van der Waals surface area contributed by atoms with Crippen molar-refractivity contribution >= 4 is 118 Å². The van der Waals surface area contributed by atoms with Gasteiger partial charge in [0, 0.05) is 91.0 Å². The first-order valence-electron chi connectivity index (χ1n) is 55.3. The van der Waals surface area contributed by atoms with Crippen molar-refractivity contribution in [1.82, 2.24) is 87.9 Å². The van der Waals surface area contributed by atoms with Gasteiger partial charge in [0.2, 0.25) is 82.3 Å². The van der Waals surface area contributed by atoms with Crippen LogP contribution >= 0.6 is 0 Å². The zero-order chi connectivity index (χ0) is 109. The molecular weight excluding hydrogens is 1890 g/mol. The Kier molecular flexibility index (Phi) is 39.7. The fraction of sp³-hybridized carbons (Fsp3) is 0.782. The minimum absolute atomic E-state index is 0.0344. The number of urea groups is 3. The van der Waals surface area contributed by atoms with Gasteiger partial charge >= 0.3 is 18.1 Å². The maximum Gasteiger partial charge on any atom is 0.315 e. The second-order valence-electron chi connectivity index (χ2n) is 49.5. The molecule has 6 aliphatic heterocycles. The van der Waals surface area contributed by atoms with E-state index >= 15 is 0 Å². The number of primary amides is 1. The summed E-state index contributed by atoms with van der Waals surface area (Å²) < 4.78 is 0. The summed E-state index contributed by atoms with van der Waals surface area (Å²) in [5.41, 5.74) is 3.44. The number of hydrogen-bond acceptors (Lipinski definition) is 20. The summed E-state index contributed by atoms with van der Waals surface area (Å²) in [5, 5.41) is 31.5. The largest absolute Gasteiger partial charge is 0.363 e. The Balaban J connectivity index is 0.000000211. The van der Waals surface area contributed by atoms with Crippen LogP contribution < -0.4 is 64.2 Å². The van der Waals surface area contributed by atoms with Gasteiger partial charge in [0.05, 0.1) is 36.3 Å². The third-order valence-corrected chi connectivity index (χ3v) is 35.0. The number of amides is 20. The molecule has 20 amide bonds. The number of carbonyl (C=O) groups is 20. The van der Waals surface area contributed by atoms with Crippen LogP contribution in [-0.2, 0) is 81.5 Å². The highest BCUT2D eigenvalue weighted by molar-refractivity contribution is 6.39. The number of nitrogens with zero attached hydrogens (tertiary/aromatic N) is 6. The van der Waals surface area contributed by atoms with Gasteiger partial charge in [0.1, 0.15) is 36.3 Å². The van der Waals surface area contributed by atoms with E-state index in [0.717, 1.165) is 128 Å². The molecule has 0 aromatic rings. The molecule has 0 radical (unpaired) electrons. The second-order valence-corrected chi connectivity index (χ2v) is 49.5. The van der Waals surface area contributed by atoms with E-state index in [0.29, 0.717) is 71.2 Å². The van der Waals surface area contributed by atoms with Crippen molar-refractivity contribution in [3.05, 3.63) is 25.3 Å². The van der Waals surface area contributed by atoms with Gasteiger partial charge in [0.25, 0.3) is 17.7 Å². The molecule has 13 N–H and O–H groups in total. The van der Waals surface area contributed by atoms with Crippen LogP contribution in [0.3, 0.4) is 0 Å². The monoisotopic (exact) mass is 2070 g/mol. The van der Waals surface area contributed by atoms with Crippen LogP contribution in [0.4, 0.5) is 14.4 Å². The SMILES string of the molecule is C=CCNC(=O)C(=O)C(CCC)NC(=O)[C@@H]1[C@@H]2[C@H](CN1C(=O)[C@@H](NC(=O)N[C@H](CN1C(=O)CCCC1=O)C(C)(C)C)C1CCCCC1)C2(C)C.C=CCNC(=O)C(=O)C(CCC)NC(=O)[C@@H]1[C@@H]2[C@H](CN1C(=O)[C@@H](NC(=O)N[C@H](CN1CCCCC1=O)C(C)(C)C)C1CCCCC1)C2(C)C.CC(C)(C)[C@@H](CN1C(=O)CCCC1=O)NC(=O)N[C@H](C(=O)N1C[C@H]2[C@@H]([C@H]1C(=O)NC(CC1CCC1)C(=O)C(N)=O)C2(C)C)C1CCCCC1. The molecule has 38 heteroatoms. The molecule has 0 aromatic heterocycles. The number of Topliss-reactive ketones (excluding diaryl/α,β-unsaturated/α-hetero) is 3. The highest BCUT2D eigenvalue weighted by Gasteiger charge is 2.73. The van der Waals surface area contributed by atoms with E-state index in [1.807, 2.05) is 81.1 Å². The van der Waals surface area contributed by atoms with Crippen molar-refractivity contribution in [2.45, 2.75) is 396 Å². The van der Waals surface area contributed by atoms with Crippen molar-refractivity contribution in [2.24, 2.45) is 97.4 Å². The average molecular weight is 2070 g/mol. The Bertz CT molecular complexity index is 4880. The first kappa shape index (κ1) is 118. The number of imide groups is 2. The highest BCUT2D eigenvalue weighted by atomic mass is 16.2. The fourth-order valence-corrected chi connectivity index (χ4v) is 25.0. The lowest BCUT2D eigenvalue weighted by molar-refractivity contribution is -0.150. The smallest absolute Gasteiger partial charge is 0.315 e. The van der Waals surface area contributed by atoms with Gasteiger partial charge in [-0.15, -0.1) is 13.2 Å². The van der Waals surface area contributed by atoms with Crippen LogP contribution in [0.15, 0.2) is 25.3 Å². The predicted octanol–water partition coefficient (Wildman–Crippen LogP) is 8.53. The molecule has 7 aliphatic carbocycles. The lowest BCUT2D eigenvalue weighted by Gasteiger charge is -2.39. The van der Waals surface area contributed by atoms with Crippen LogP contribution in [0.5, 0.6) is 0 Å². The number of piperidine rings is 6. The van der Waals surface area contributed by atoms with Crippen LogP contribution in [0, 0.1) is 91.7 Å². The minimum Gasteiger partial charge on any atom is -0.363 e. The molecule has 7 saturated carbocycles. The van der Waals surface area contributed by atoms with Gasteiger partial charge in [-0.25, -0.2) is 14.4 Å². The van der Waals surface area contributed by atoms with E-state index in [1.165, 1.54) is 22.0 Å². The Labute approximate surface area is 874 Å². The first-order valence-corrected chi connectivity index (χ1v) is 55.3. The number of nitrogens with two attached hydrogens (primary N) is 1. The van der Waals surface area contributed by atoms with Crippen LogP contribution in [0.25, 0.3) is 0 Å². The Morgan fingerprint density at radius 3 is 0.953 bits per heavy atom. The van der Waals surface area contributed by atoms with E-state index in [1.54, 1.807) is 14.7 Å². The average Bonchev–Trinajstić information content (AvgIpc) is 1.53. The molecule has 13 rings (SSSR count). The molecule has 824 valence electrons. The lowest BCUT2D eigenvalue weighted by atomic mass is 9.80. The summed E-state index contributed by atoms with van der Waals surface area (Å²) in [6.07, 6.45) is 25.6. The minimum atomic E-state index is -1.09. The maximum atomic E-state index is 14.6. The third kappa shape index (κ3) is 28.6. The quantitative estimate of drug-likeness (QED) is 0.0155. The van der Waals surface area contributed by atoms with Gasteiger partial charge in [-0.1, -0.05) is 220 Å². The zero-order valence-corrected chi connectivity index (χ0v) is 91.2. The second kappa shape index (κ2) is 50.0. The maximum absolute atomic E-state index is 14.6. The number of rotatable bonds is 40. The molecule has 148 heavy (non-hydrogen) atoms. The number of fused-ring (bicyclic) bond motifs is 3. The van der Waals surface area contributed by atoms with Gasteiger partial charge < -0.3 is 83.8 Å². The molecule has 0 spiro atoms. The van der Waals surface area contributed by atoms with Gasteiger partial charge in [-0.3, -0.25) is 91.3 Å². The molecular formula is C110H174N18O20. The Morgan fingerprint density at radius 2 is 0.676 bits per heavy atom. The first-order chi connectivity index (χ1) is 69.6. The Hall–Kier alpha value is -10.7. The number of hydrogen-bond donors (Lipinski definition) is 12. The van der Waals surface area contributed by atoms with Gasteiger partial charge in [-0.2, -0.15) is 0 Å². The van der Waals surface area contributed by atoms with E-state index in [9.17, 15) is 95.9 Å². The van der Waals surface area contributed by atoms with E-state index in [4.69, 9.17) is 5.73 Å². The molecule has 0 aromatic carbocycles.